The Kier molecular flexibility index (Phi) is 6.37. The van der Waals surface area contributed by atoms with E-state index in [9.17, 15) is 14.0 Å². The smallest absolute Gasteiger partial charge is 0.325 e. The summed E-state index contributed by atoms with van der Waals surface area (Å²) in [7, 11) is 1.29. The maximum absolute atomic E-state index is 14.1. The number of carbonyl (C=O) groups is 2. The molecule has 0 spiro atoms. The van der Waals surface area contributed by atoms with E-state index in [0.29, 0.717) is 0 Å². The lowest BCUT2D eigenvalue weighted by molar-refractivity contribution is -0.169. The van der Waals surface area contributed by atoms with Gasteiger partial charge in [0, 0.05) is 11.6 Å². The van der Waals surface area contributed by atoms with E-state index in [1.54, 1.807) is 47.6 Å². The Balaban J connectivity index is 3.50. The molecule has 0 aliphatic rings. The zero-order valence-corrected chi connectivity index (χ0v) is 16.1. The van der Waals surface area contributed by atoms with E-state index in [0.717, 1.165) is 12.1 Å². The monoisotopic (exact) mass is 365 g/mol. The quantitative estimate of drug-likeness (QED) is 0.600. The second-order valence-corrected chi connectivity index (χ2v) is 7.69. The fourth-order valence-corrected chi connectivity index (χ4v) is 2.13. The Hall–Kier alpha value is -2.62. The van der Waals surface area contributed by atoms with Crippen molar-refractivity contribution in [3.05, 3.63) is 29.1 Å². The van der Waals surface area contributed by atoms with Crippen molar-refractivity contribution >= 4 is 11.9 Å². The maximum atomic E-state index is 14.1. The molecule has 0 atom stereocenters. The van der Waals surface area contributed by atoms with Gasteiger partial charge in [-0.1, -0.05) is 0 Å². The summed E-state index contributed by atoms with van der Waals surface area (Å²) in [6.45, 7) is 9.88. The van der Waals surface area contributed by atoms with Gasteiger partial charge in [0.25, 0.3) is 0 Å². The summed E-state index contributed by atoms with van der Waals surface area (Å²) in [6, 6.07) is 3.74. The van der Waals surface area contributed by atoms with Crippen molar-refractivity contribution in [1.29, 1.82) is 5.26 Å². The molecule has 26 heavy (non-hydrogen) atoms. The molecule has 1 aromatic rings. The summed E-state index contributed by atoms with van der Waals surface area (Å²) < 4.78 is 29.9. The number of rotatable bonds is 4. The van der Waals surface area contributed by atoms with Crippen molar-refractivity contribution in [2.24, 2.45) is 0 Å². The molecule has 0 N–H and O–H groups in total. The van der Waals surface area contributed by atoms with Crippen molar-refractivity contribution in [2.45, 2.75) is 58.7 Å². The number of carbonyl (C=O) groups excluding carboxylic acids is 2. The number of halogens is 1. The molecule has 0 fully saturated rings. The largest absolute Gasteiger partial charge is 0.496 e. The zero-order valence-electron chi connectivity index (χ0n) is 16.1. The molecule has 0 saturated heterocycles. The number of hydrogen-bond acceptors (Lipinski definition) is 6. The first kappa shape index (κ1) is 21.4. The average Bonchev–Trinajstić information content (AvgIpc) is 2.43. The van der Waals surface area contributed by atoms with E-state index < -0.39 is 34.9 Å². The summed E-state index contributed by atoms with van der Waals surface area (Å²) >= 11 is 0. The van der Waals surface area contributed by atoms with Crippen LogP contribution in [0.2, 0.25) is 0 Å². The molecular formula is C19H24FNO5. The molecule has 1 rings (SSSR count). The minimum atomic E-state index is -1.55. The van der Waals surface area contributed by atoms with Crippen molar-refractivity contribution < 1.29 is 28.2 Å². The van der Waals surface area contributed by atoms with Gasteiger partial charge in [-0.3, -0.25) is 9.59 Å². The van der Waals surface area contributed by atoms with Crippen LogP contribution in [-0.4, -0.2) is 30.3 Å². The van der Waals surface area contributed by atoms with Gasteiger partial charge in [0.15, 0.2) is 5.92 Å². The van der Waals surface area contributed by atoms with Crippen LogP contribution in [0.4, 0.5) is 4.39 Å². The van der Waals surface area contributed by atoms with Crippen LogP contribution in [0, 0.1) is 17.1 Å². The molecule has 0 bridgehead atoms. The van der Waals surface area contributed by atoms with Gasteiger partial charge >= 0.3 is 11.9 Å². The Morgan fingerprint density at radius 3 is 1.85 bits per heavy atom. The first-order valence-electron chi connectivity index (χ1n) is 8.02. The third-order valence-electron chi connectivity index (χ3n) is 3.04. The van der Waals surface area contributed by atoms with Crippen LogP contribution in [0.5, 0.6) is 5.75 Å². The van der Waals surface area contributed by atoms with Crippen LogP contribution in [0.3, 0.4) is 0 Å². The van der Waals surface area contributed by atoms with Gasteiger partial charge in [0.05, 0.1) is 12.7 Å². The first-order valence-corrected chi connectivity index (χ1v) is 8.02. The molecule has 142 valence electrons. The lowest BCUT2D eigenvalue weighted by atomic mass is 9.95. The molecule has 7 heteroatoms. The molecule has 6 nitrogen and oxygen atoms in total. The van der Waals surface area contributed by atoms with E-state index in [-0.39, 0.29) is 16.9 Å². The van der Waals surface area contributed by atoms with Gasteiger partial charge in [0.2, 0.25) is 0 Å². The number of esters is 2. The summed E-state index contributed by atoms with van der Waals surface area (Å²) in [6.07, 6.45) is 0. The van der Waals surface area contributed by atoms with Gasteiger partial charge in [-0.05, 0) is 47.6 Å². The molecule has 0 aliphatic carbocycles. The number of ether oxygens (including phenoxy) is 3. The molecule has 0 amide bonds. The predicted molar refractivity (Wildman–Crippen MR) is 92.1 cm³/mol. The third kappa shape index (κ3) is 5.73. The second-order valence-electron chi connectivity index (χ2n) is 7.69. The minimum Gasteiger partial charge on any atom is -0.496 e. The number of nitriles is 1. The summed E-state index contributed by atoms with van der Waals surface area (Å²) in [5.41, 5.74) is -2.06. The summed E-state index contributed by atoms with van der Waals surface area (Å²) in [4.78, 5) is 25.3. The number of benzene rings is 1. The lowest BCUT2D eigenvalue weighted by Gasteiger charge is -2.27. The SMILES string of the molecule is COc1cc(C#N)c(F)cc1C(C(=O)OC(C)(C)C)C(=O)OC(C)(C)C. The topological polar surface area (TPSA) is 85.6 Å². The van der Waals surface area contributed by atoms with Crippen molar-refractivity contribution in [3.63, 3.8) is 0 Å². The van der Waals surface area contributed by atoms with Gasteiger partial charge in [-0.25, -0.2) is 4.39 Å². The number of hydrogen-bond donors (Lipinski definition) is 0. The van der Waals surface area contributed by atoms with Gasteiger partial charge < -0.3 is 14.2 Å². The fourth-order valence-electron chi connectivity index (χ4n) is 2.13. The number of nitrogens with zero attached hydrogens (tertiary/aromatic N) is 1. The molecule has 1 aromatic carbocycles. The standard InChI is InChI=1S/C19H24FNO5/c1-18(2,3)25-16(22)15(17(23)26-19(4,5)6)12-9-13(20)11(10-21)8-14(12)24-7/h8-9,15H,1-7H3. The second kappa shape index (κ2) is 7.73. The maximum Gasteiger partial charge on any atom is 0.325 e. The Labute approximate surface area is 152 Å². The Morgan fingerprint density at radius 1 is 1.04 bits per heavy atom. The van der Waals surface area contributed by atoms with Crippen LogP contribution < -0.4 is 4.74 Å². The molecule has 0 unspecified atom stereocenters. The molecule has 0 saturated carbocycles. The normalized spacial score (nSPS) is 11.7. The van der Waals surface area contributed by atoms with Crippen LogP contribution in [0.25, 0.3) is 0 Å². The van der Waals surface area contributed by atoms with E-state index >= 15 is 0 Å². The molecule has 0 aromatic heterocycles. The highest BCUT2D eigenvalue weighted by Crippen LogP contribution is 2.33. The highest BCUT2D eigenvalue weighted by atomic mass is 19.1. The van der Waals surface area contributed by atoms with Gasteiger partial charge in [-0.15, -0.1) is 0 Å². The first-order chi connectivity index (χ1) is 11.8. The van der Waals surface area contributed by atoms with Crippen molar-refractivity contribution in [3.8, 4) is 11.8 Å². The Morgan fingerprint density at radius 2 is 1.50 bits per heavy atom. The summed E-state index contributed by atoms with van der Waals surface area (Å²) in [5, 5.41) is 8.96. The molecule has 0 heterocycles. The van der Waals surface area contributed by atoms with Crippen LogP contribution in [-0.2, 0) is 19.1 Å². The average molecular weight is 365 g/mol. The van der Waals surface area contributed by atoms with Crippen LogP contribution in [0.15, 0.2) is 12.1 Å². The van der Waals surface area contributed by atoms with Crippen LogP contribution in [0.1, 0.15) is 58.6 Å². The lowest BCUT2D eigenvalue weighted by Crippen LogP contribution is -2.35. The van der Waals surface area contributed by atoms with E-state index in [4.69, 9.17) is 19.5 Å². The van der Waals surface area contributed by atoms with Gasteiger partial charge in [0.1, 0.15) is 28.8 Å². The summed E-state index contributed by atoms with van der Waals surface area (Å²) in [5.74, 6) is -4.20. The fraction of sp³-hybridized carbons (Fsp3) is 0.526. The Bertz CT molecular complexity index is 710. The van der Waals surface area contributed by atoms with Gasteiger partial charge in [-0.2, -0.15) is 5.26 Å². The highest BCUT2D eigenvalue weighted by Gasteiger charge is 2.38. The van der Waals surface area contributed by atoms with E-state index in [1.807, 2.05) is 0 Å². The van der Waals surface area contributed by atoms with Crippen molar-refractivity contribution in [1.82, 2.24) is 0 Å². The van der Waals surface area contributed by atoms with E-state index in [2.05, 4.69) is 0 Å². The minimum absolute atomic E-state index is 0.0182. The molecule has 0 aliphatic heterocycles. The highest BCUT2D eigenvalue weighted by molar-refractivity contribution is 6.01. The molecule has 0 radical (unpaired) electrons. The van der Waals surface area contributed by atoms with Crippen molar-refractivity contribution in [2.75, 3.05) is 7.11 Å². The third-order valence-corrected chi connectivity index (χ3v) is 3.04. The van der Waals surface area contributed by atoms with E-state index in [1.165, 1.54) is 7.11 Å². The predicted octanol–water partition coefficient (Wildman–Crippen LogP) is 3.47. The zero-order chi connectivity index (χ0) is 20.3. The van der Waals surface area contributed by atoms with Crippen LogP contribution >= 0.6 is 0 Å². The molecular weight excluding hydrogens is 341 g/mol. The number of methoxy groups -OCH3 is 1.